The smallest absolute Gasteiger partial charge is 0.303 e. The lowest BCUT2D eigenvalue weighted by Gasteiger charge is -2.35. The number of carboxylic acid groups (broad SMARTS) is 1. The molecule has 0 aromatic heterocycles. The number of morpholine rings is 1. The summed E-state index contributed by atoms with van der Waals surface area (Å²) in [5.74, 6) is -0.730. The van der Waals surface area contributed by atoms with Gasteiger partial charge in [-0.25, -0.2) is 0 Å². The van der Waals surface area contributed by atoms with E-state index in [-0.39, 0.29) is 12.5 Å². The highest BCUT2D eigenvalue weighted by molar-refractivity contribution is 5.66. The first-order chi connectivity index (χ1) is 8.09. The van der Waals surface area contributed by atoms with Gasteiger partial charge < -0.3 is 15.2 Å². The van der Waals surface area contributed by atoms with Crippen molar-refractivity contribution in [2.45, 2.75) is 38.8 Å². The molecule has 0 aliphatic carbocycles. The molecule has 1 atom stereocenters. The van der Waals surface area contributed by atoms with Crippen molar-refractivity contribution in [3.05, 3.63) is 0 Å². The van der Waals surface area contributed by atoms with E-state index in [4.69, 9.17) is 9.84 Å². The van der Waals surface area contributed by atoms with Crippen LogP contribution in [0.1, 0.15) is 26.7 Å². The van der Waals surface area contributed by atoms with Crippen LogP contribution in [-0.4, -0.2) is 60.9 Å². The predicted octanol–water partition coefficient (Wildman–Crippen LogP) is 0.550. The van der Waals surface area contributed by atoms with Crippen LogP contribution in [0.3, 0.4) is 0 Å². The van der Waals surface area contributed by atoms with Gasteiger partial charge in [-0.1, -0.05) is 0 Å². The maximum absolute atomic E-state index is 10.3. The van der Waals surface area contributed by atoms with Gasteiger partial charge in [0.05, 0.1) is 12.7 Å². The second-order valence-corrected chi connectivity index (χ2v) is 4.78. The lowest BCUT2D eigenvalue weighted by atomic mass is 10.2. The van der Waals surface area contributed by atoms with E-state index in [1.165, 1.54) is 0 Å². The summed E-state index contributed by atoms with van der Waals surface area (Å²) in [6, 6.07) is 0.563. The highest BCUT2D eigenvalue weighted by Crippen LogP contribution is 2.07. The van der Waals surface area contributed by atoms with Crippen LogP contribution >= 0.6 is 0 Å². The normalized spacial score (nSPS) is 21.9. The van der Waals surface area contributed by atoms with E-state index >= 15 is 0 Å². The molecule has 17 heavy (non-hydrogen) atoms. The Morgan fingerprint density at radius 1 is 1.59 bits per heavy atom. The van der Waals surface area contributed by atoms with Crippen molar-refractivity contribution in [1.82, 2.24) is 10.2 Å². The molecule has 0 bridgehead atoms. The molecule has 2 N–H and O–H groups in total. The zero-order valence-electron chi connectivity index (χ0n) is 10.8. The summed E-state index contributed by atoms with van der Waals surface area (Å²) in [7, 11) is 0. The quantitative estimate of drug-likeness (QED) is 0.640. The first-order valence-electron chi connectivity index (χ1n) is 6.37. The summed E-state index contributed by atoms with van der Waals surface area (Å²) < 4.78 is 5.67. The Balaban J connectivity index is 2.08. The van der Waals surface area contributed by atoms with Gasteiger partial charge >= 0.3 is 5.97 Å². The van der Waals surface area contributed by atoms with E-state index in [0.29, 0.717) is 12.5 Å². The van der Waals surface area contributed by atoms with E-state index in [2.05, 4.69) is 24.1 Å². The molecule has 0 amide bonds. The van der Waals surface area contributed by atoms with Crippen LogP contribution < -0.4 is 5.32 Å². The van der Waals surface area contributed by atoms with Crippen molar-refractivity contribution < 1.29 is 14.6 Å². The molecule has 1 heterocycles. The monoisotopic (exact) mass is 244 g/mol. The number of ether oxygens (including phenoxy) is 1. The zero-order valence-corrected chi connectivity index (χ0v) is 10.8. The first kappa shape index (κ1) is 14.4. The fraction of sp³-hybridized carbons (Fsp3) is 0.917. The van der Waals surface area contributed by atoms with Crippen molar-refractivity contribution in [3.63, 3.8) is 0 Å². The molecular weight excluding hydrogens is 220 g/mol. The maximum Gasteiger partial charge on any atom is 0.303 e. The van der Waals surface area contributed by atoms with Gasteiger partial charge in [0.1, 0.15) is 0 Å². The molecule has 0 aromatic carbocycles. The molecule has 1 rings (SSSR count). The minimum atomic E-state index is -0.730. The van der Waals surface area contributed by atoms with E-state index in [1.54, 1.807) is 0 Å². The Labute approximate surface area is 103 Å². The molecule has 1 fully saturated rings. The van der Waals surface area contributed by atoms with Gasteiger partial charge in [-0.2, -0.15) is 0 Å². The summed E-state index contributed by atoms with van der Waals surface area (Å²) in [5.41, 5.74) is 0. The topological polar surface area (TPSA) is 61.8 Å². The van der Waals surface area contributed by atoms with Crippen LogP contribution in [0.2, 0.25) is 0 Å². The number of aliphatic carboxylic acids is 1. The molecule has 0 aromatic rings. The summed E-state index contributed by atoms with van der Waals surface area (Å²) >= 11 is 0. The summed E-state index contributed by atoms with van der Waals surface area (Å²) in [6.45, 7) is 8.71. The van der Waals surface area contributed by atoms with Gasteiger partial charge in [0, 0.05) is 32.1 Å². The highest BCUT2D eigenvalue weighted by atomic mass is 16.5. The fourth-order valence-corrected chi connectivity index (χ4v) is 1.96. The highest BCUT2D eigenvalue weighted by Gasteiger charge is 2.21. The SMILES string of the molecule is CC(C)N1CCOC(CNCCCC(=O)O)C1. The Morgan fingerprint density at radius 3 is 3.00 bits per heavy atom. The van der Waals surface area contributed by atoms with Crippen molar-refractivity contribution in [3.8, 4) is 0 Å². The second kappa shape index (κ2) is 7.63. The number of rotatable bonds is 7. The van der Waals surface area contributed by atoms with Crippen molar-refractivity contribution >= 4 is 5.97 Å². The van der Waals surface area contributed by atoms with Gasteiger partial charge in [-0.15, -0.1) is 0 Å². The molecule has 1 aliphatic rings. The van der Waals surface area contributed by atoms with E-state index in [1.807, 2.05) is 0 Å². The van der Waals surface area contributed by atoms with E-state index in [0.717, 1.165) is 32.8 Å². The molecule has 5 heteroatoms. The Bertz CT molecular complexity index is 234. The lowest BCUT2D eigenvalue weighted by molar-refractivity contribution is -0.137. The van der Waals surface area contributed by atoms with Crippen molar-refractivity contribution in [2.75, 3.05) is 32.8 Å². The number of nitrogens with one attached hydrogen (secondary N) is 1. The van der Waals surface area contributed by atoms with Crippen LogP contribution in [0.15, 0.2) is 0 Å². The summed E-state index contributed by atoms with van der Waals surface area (Å²) in [5, 5.41) is 11.8. The fourth-order valence-electron chi connectivity index (χ4n) is 1.96. The number of carboxylic acids is 1. The minimum absolute atomic E-state index is 0.232. The Kier molecular flexibility index (Phi) is 6.47. The predicted molar refractivity (Wildman–Crippen MR) is 66.2 cm³/mol. The molecule has 0 saturated carbocycles. The molecule has 0 radical (unpaired) electrons. The van der Waals surface area contributed by atoms with Crippen LogP contribution in [0.5, 0.6) is 0 Å². The molecule has 1 aliphatic heterocycles. The van der Waals surface area contributed by atoms with Gasteiger partial charge in [-0.05, 0) is 26.8 Å². The van der Waals surface area contributed by atoms with Gasteiger partial charge in [-0.3, -0.25) is 9.69 Å². The summed E-state index contributed by atoms with van der Waals surface area (Å²) in [6.07, 6.45) is 1.14. The Hall–Kier alpha value is -0.650. The average molecular weight is 244 g/mol. The molecular formula is C12H24N2O3. The lowest BCUT2D eigenvalue weighted by Crippen LogP contribution is -2.49. The molecule has 100 valence electrons. The van der Waals surface area contributed by atoms with Crippen molar-refractivity contribution in [1.29, 1.82) is 0 Å². The maximum atomic E-state index is 10.3. The summed E-state index contributed by atoms with van der Waals surface area (Å²) in [4.78, 5) is 12.7. The second-order valence-electron chi connectivity index (χ2n) is 4.78. The molecule has 0 spiro atoms. The van der Waals surface area contributed by atoms with Crippen LogP contribution in [0.25, 0.3) is 0 Å². The first-order valence-corrected chi connectivity index (χ1v) is 6.37. The number of carbonyl (C=O) groups is 1. The van der Waals surface area contributed by atoms with Crippen LogP contribution in [0, 0.1) is 0 Å². The molecule has 5 nitrogen and oxygen atoms in total. The molecule has 1 unspecified atom stereocenters. The van der Waals surface area contributed by atoms with Gasteiger partial charge in [0.2, 0.25) is 0 Å². The van der Waals surface area contributed by atoms with Crippen LogP contribution in [0.4, 0.5) is 0 Å². The largest absolute Gasteiger partial charge is 0.481 e. The minimum Gasteiger partial charge on any atom is -0.481 e. The van der Waals surface area contributed by atoms with Gasteiger partial charge in [0.15, 0.2) is 0 Å². The zero-order chi connectivity index (χ0) is 12.7. The third kappa shape index (κ3) is 6.00. The van der Waals surface area contributed by atoms with Crippen LogP contribution in [-0.2, 0) is 9.53 Å². The number of nitrogens with zero attached hydrogens (tertiary/aromatic N) is 1. The molecule has 1 saturated heterocycles. The van der Waals surface area contributed by atoms with E-state index in [9.17, 15) is 4.79 Å². The van der Waals surface area contributed by atoms with E-state index < -0.39 is 5.97 Å². The van der Waals surface area contributed by atoms with Gasteiger partial charge in [0.25, 0.3) is 0 Å². The average Bonchev–Trinajstić information content (AvgIpc) is 2.28. The van der Waals surface area contributed by atoms with Crippen molar-refractivity contribution in [2.24, 2.45) is 0 Å². The third-order valence-corrected chi connectivity index (χ3v) is 3.02. The Morgan fingerprint density at radius 2 is 2.35 bits per heavy atom. The third-order valence-electron chi connectivity index (χ3n) is 3.02. The number of hydrogen-bond acceptors (Lipinski definition) is 4. The number of hydrogen-bond donors (Lipinski definition) is 2. The standard InChI is InChI=1S/C12H24N2O3/c1-10(2)14-6-7-17-11(9-14)8-13-5-3-4-12(15)16/h10-11,13H,3-9H2,1-2H3,(H,15,16).